The molecule has 1 rings (SSSR count). The van der Waals surface area contributed by atoms with E-state index in [2.05, 4.69) is 29.1 Å². The maximum Gasteiger partial charge on any atom is 0.137 e. The van der Waals surface area contributed by atoms with Crippen molar-refractivity contribution in [3.63, 3.8) is 0 Å². The van der Waals surface area contributed by atoms with Gasteiger partial charge in [0, 0.05) is 11.6 Å². The van der Waals surface area contributed by atoms with E-state index in [1.165, 1.54) is 32.1 Å². The van der Waals surface area contributed by atoms with Crippen LogP contribution in [0.25, 0.3) is 0 Å². The van der Waals surface area contributed by atoms with Crippen molar-refractivity contribution in [3.05, 3.63) is 16.5 Å². The van der Waals surface area contributed by atoms with E-state index in [0.717, 1.165) is 11.4 Å². The molecule has 0 aromatic carbocycles. The largest absolute Gasteiger partial charge is 0.367 e. The van der Waals surface area contributed by atoms with E-state index in [9.17, 15) is 0 Å². The molecule has 102 valence electrons. The van der Waals surface area contributed by atoms with Crippen LogP contribution in [-0.2, 0) is 0 Å². The lowest BCUT2D eigenvalue weighted by Gasteiger charge is -2.16. The summed E-state index contributed by atoms with van der Waals surface area (Å²) >= 11 is 6.06. The Bertz CT molecular complexity index is 380. The molecule has 0 aliphatic heterocycles. The molecule has 0 aliphatic carbocycles. The van der Waals surface area contributed by atoms with Gasteiger partial charge in [-0.15, -0.1) is 0 Å². The van der Waals surface area contributed by atoms with Gasteiger partial charge >= 0.3 is 0 Å². The van der Waals surface area contributed by atoms with E-state index in [1.807, 2.05) is 13.8 Å². The molecule has 0 amide bonds. The third kappa shape index (κ3) is 4.81. The number of hydrogen-bond donors (Lipinski definition) is 1. The summed E-state index contributed by atoms with van der Waals surface area (Å²) in [6, 6.07) is 0.422. The van der Waals surface area contributed by atoms with Gasteiger partial charge < -0.3 is 5.32 Å². The van der Waals surface area contributed by atoms with Gasteiger partial charge in [-0.3, -0.25) is 0 Å². The normalized spacial score (nSPS) is 12.5. The van der Waals surface area contributed by atoms with Gasteiger partial charge in [0.1, 0.15) is 16.8 Å². The fraction of sp³-hybridized carbons (Fsp3) is 0.714. The van der Waals surface area contributed by atoms with Crippen LogP contribution < -0.4 is 5.32 Å². The monoisotopic (exact) mass is 269 g/mol. The van der Waals surface area contributed by atoms with Crippen LogP contribution in [0.1, 0.15) is 57.3 Å². The summed E-state index contributed by atoms with van der Waals surface area (Å²) in [6.45, 7) is 8.24. The molecule has 1 aromatic rings. The van der Waals surface area contributed by atoms with E-state index in [0.29, 0.717) is 17.0 Å². The Balaban J connectivity index is 2.51. The molecule has 1 N–H and O–H groups in total. The minimum atomic E-state index is 0.422. The summed E-state index contributed by atoms with van der Waals surface area (Å²) in [7, 11) is 0. The lowest BCUT2D eigenvalue weighted by Crippen LogP contribution is -2.17. The number of aryl methyl sites for hydroxylation is 1. The second kappa shape index (κ2) is 7.57. The first kappa shape index (κ1) is 15.2. The smallest absolute Gasteiger partial charge is 0.137 e. The van der Waals surface area contributed by atoms with Crippen LogP contribution in [0.2, 0.25) is 5.15 Å². The SMILES string of the molecule is CCCCCCC(C)Nc1nc(C)nc(Cl)c1C. The first-order valence-corrected chi connectivity index (χ1v) is 7.19. The fourth-order valence-corrected chi connectivity index (χ4v) is 2.13. The van der Waals surface area contributed by atoms with Gasteiger partial charge in [0.25, 0.3) is 0 Å². The number of hydrogen-bond acceptors (Lipinski definition) is 3. The minimum absolute atomic E-state index is 0.422. The zero-order valence-corrected chi connectivity index (χ0v) is 12.6. The Kier molecular flexibility index (Phi) is 6.41. The van der Waals surface area contributed by atoms with Crippen molar-refractivity contribution in [2.45, 2.75) is 65.8 Å². The molecule has 1 aromatic heterocycles. The molecule has 0 fully saturated rings. The zero-order valence-electron chi connectivity index (χ0n) is 11.9. The van der Waals surface area contributed by atoms with Crippen molar-refractivity contribution >= 4 is 17.4 Å². The fourth-order valence-electron chi connectivity index (χ4n) is 1.92. The van der Waals surface area contributed by atoms with Gasteiger partial charge in [-0.05, 0) is 27.2 Å². The maximum atomic E-state index is 6.06. The number of nitrogens with one attached hydrogen (secondary N) is 1. The average Bonchev–Trinajstić information content (AvgIpc) is 2.31. The molecule has 0 saturated heterocycles. The molecule has 4 heteroatoms. The molecule has 0 aliphatic rings. The molecule has 0 bridgehead atoms. The van der Waals surface area contributed by atoms with Crippen molar-refractivity contribution in [2.75, 3.05) is 5.32 Å². The Labute approximate surface area is 115 Å². The molecule has 0 spiro atoms. The van der Waals surface area contributed by atoms with E-state index in [-0.39, 0.29) is 0 Å². The van der Waals surface area contributed by atoms with Crippen LogP contribution in [0, 0.1) is 13.8 Å². The van der Waals surface area contributed by atoms with E-state index >= 15 is 0 Å². The van der Waals surface area contributed by atoms with Crippen molar-refractivity contribution in [1.29, 1.82) is 0 Å². The van der Waals surface area contributed by atoms with Crippen LogP contribution in [0.15, 0.2) is 0 Å². The zero-order chi connectivity index (χ0) is 13.5. The van der Waals surface area contributed by atoms with Crippen LogP contribution in [-0.4, -0.2) is 16.0 Å². The molecular formula is C14H24ClN3. The first-order valence-electron chi connectivity index (χ1n) is 6.81. The lowest BCUT2D eigenvalue weighted by atomic mass is 10.1. The number of aromatic nitrogens is 2. The topological polar surface area (TPSA) is 37.8 Å². The van der Waals surface area contributed by atoms with Gasteiger partial charge in [-0.25, -0.2) is 9.97 Å². The highest BCUT2D eigenvalue weighted by atomic mass is 35.5. The predicted molar refractivity (Wildman–Crippen MR) is 78.4 cm³/mol. The van der Waals surface area contributed by atoms with Gasteiger partial charge in [-0.2, -0.15) is 0 Å². The molecule has 1 atom stereocenters. The van der Waals surface area contributed by atoms with Crippen molar-refractivity contribution in [1.82, 2.24) is 9.97 Å². The summed E-state index contributed by atoms with van der Waals surface area (Å²) in [6.07, 6.45) is 6.34. The van der Waals surface area contributed by atoms with Gasteiger partial charge in [0.15, 0.2) is 0 Å². The first-order chi connectivity index (χ1) is 8.54. The van der Waals surface area contributed by atoms with Gasteiger partial charge in [-0.1, -0.05) is 44.2 Å². The van der Waals surface area contributed by atoms with E-state index in [1.54, 1.807) is 0 Å². The highest BCUT2D eigenvalue weighted by molar-refractivity contribution is 6.30. The predicted octanol–water partition coefficient (Wildman–Crippen LogP) is 4.52. The number of anilines is 1. The molecular weight excluding hydrogens is 246 g/mol. The van der Waals surface area contributed by atoms with Crippen molar-refractivity contribution < 1.29 is 0 Å². The molecule has 1 unspecified atom stereocenters. The third-order valence-electron chi connectivity index (χ3n) is 3.07. The number of unbranched alkanes of at least 4 members (excludes halogenated alkanes) is 3. The maximum absolute atomic E-state index is 6.06. The van der Waals surface area contributed by atoms with Crippen LogP contribution in [0.4, 0.5) is 5.82 Å². The van der Waals surface area contributed by atoms with E-state index in [4.69, 9.17) is 11.6 Å². The Hall–Kier alpha value is -0.830. The standard InChI is InChI=1S/C14H24ClN3/c1-5-6-7-8-9-10(2)16-14-11(3)13(15)17-12(4)18-14/h10H,5-9H2,1-4H3,(H,16,17,18). The molecule has 0 radical (unpaired) electrons. The number of halogens is 1. The van der Waals surface area contributed by atoms with Crippen molar-refractivity contribution in [2.24, 2.45) is 0 Å². The summed E-state index contributed by atoms with van der Waals surface area (Å²) in [5.74, 6) is 1.58. The third-order valence-corrected chi connectivity index (χ3v) is 3.44. The Morgan fingerprint density at radius 1 is 1.17 bits per heavy atom. The number of rotatable bonds is 7. The Morgan fingerprint density at radius 3 is 2.56 bits per heavy atom. The highest BCUT2D eigenvalue weighted by Crippen LogP contribution is 2.21. The van der Waals surface area contributed by atoms with E-state index < -0.39 is 0 Å². The quantitative estimate of drug-likeness (QED) is 0.584. The minimum Gasteiger partial charge on any atom is -0.367 e. The highest BCUT2D eigenvalue weighted by Gasteiger charge is 2.09. The summed E-state index contributed by atoms with van der Waals surface area (Å²) in [5.41, 5.74) is 0.933. The van der Waals surface area contributed by atoms with Crippen LogP contribution in [0.3, 0.4) is 0 Å². The van der Waals surface area contributed by atoms with Crippen LogP contribution >= 0.6 is 11.6 Å². The second-order valence-corrected chi connectivity index (χ2v) is 5.29. The number of nitrogens with zero attached hydrogens (tertiary/aromatic N) is 2. The Morgan fingerprint density at radius 2 is 1.89 bits per heavy atom. The molecule has 0 saturated carbocycles. The molecule has 3 nitrogen and oxygen atoms in total. The molecule has 18 heavy (non-hydrogen) atoms. The summed E-state index contributed by atoms with van der Waals surface area (Å²) in [4.78, 5) is 8.55. The van der Waals surface area contributed by atoms with Crippen LogP contribution in [0.5, 0.6) is 0 Å². The van der Waals surface area contributed by atoms with Crippen molar-refractivity contribution in [3.8, 4) is 0 Å². The molecule has 1 heterocycles. The lowest BCUT2D eigenvalue weighted by molar-refractivity contribution is 0.592. The second-order valence-electron chi connectivity index (χ2n) is 4.93. The summed E-state index contributed by atoms with van der Waals surface area (Å²) in [5, 5.41) is 3.98. The average molecular weight is 270 g/mol. The van der Waals surface area contributed by atoms with Gasteiger partial charge in [0.2, 0.25) is 0 Å². The summed E-state index contributed by atoms with van der Waals surface area (Å²) < 4.78 is 0. The van der Waals surface area contributed by atoms with Gasteiger partial charge in [0.05, 0.1) is 0 Å².